The highest BCUT2D eigenvalue weighted by atomic mass is 32.2. The van der Waals surface area contributed by atoms with E-state index in [2.05, 4.69) is 5.32 Å². The van der Waals surface area contributed by atoms with Gasteiger partial charge in [-0.05, 0) is 18.2 Å². The first-order chi connectivity index (χ1) is 13.8. The molecule has 0 atom stereocenters. The van der Waals surface area contributed by atoms with Crippen LogP contribution in [-0.2, 0) is 21.4 Å². The average Bonchev–Trinajstić information content (AvgIpc) is 2.70. The van der Waals surface area contributed by atoms with E-state index in [0.29, 0.717) is 30.3 Å². The largest absolute Gasteiger partial charge is 0.493 e. The molecule has 0 aliphatic carbocycles. The first-order valence-corrected chi connectivity index (χ1v) is 10.4. The molecule has 9 nitrogen and oxygen atoms in total. The molecule has 0 unspecified atom stereocenters. The number of carbonyl (C=O) groups excluding carboxylic acids is 1. The number of sulfonamides is 1. The summed E-state index contributed by atoms with van der Waals surface area (Å²) in [6.07, 6.45) is 1.18. The van der Waals surface area contributed by atoms with Gasteiger partial charge in [-0.15, -0.1) is 0 Å². The Labute approximate surface area is 169 Å². The van der Waals surface area contributed by atoms with Gasteiger partial charge in [-0.2, -0.15) is 4.31 Å². The number of aromatic nitrogens is 1. The van der Waals surface area contributed by atoms with Crippen molar-refractivity contribution in [1.82, 2.24) is 8.87 Å². The fourth-order valence-corrected chi connectivity index (χ4v) is 4.25. The van der Waals surface area contributed by atoms with E-state index in [9.17, 15) is 18.0 Å². The molecule has 158 valence electrons. The minimum absolute atomic E-state index is 0.0419. The quantitative estimate of drug-likeness (QED) is 0.656. The predicted molar refractivity (Wildman–Crippen MR) is 109 cm³/mol. The van der Waals surface area contributed by atoms with Crippen molar-refractivity contribution >= 4 is 21.6 Å². The van der Waals surface area contributed by atoms with E-state index >= 15 is 0 Å². The van der Waals surface area contributed by atoms with Gasteiger partial charge in [0.2, 0.25) is 15.9 Å². The fourth-order valence-electron chi connectivity index (χ4n) is 2.77. The van der Waals surface area contributed by atoms with Crippen LogP contribution in [-0.4, -0.2) is 50.5 Å². The first-order valence-electron chi connectivity index (χ1n) is 8.99. The highest BCUT2D eigenvalue weighted by Crippen LogP contribution is 2.29. The summed E-state index contributed by atoms with van der Waals surface area (Å²) >= 11 is 0. The maximum absolute atomic E-state index is 12.6. The Kier molecular flexibility index (Phi) is 7.40. The molecule has 1 heterocycles. The lowest BCUT2D eigenvalue weighted by atomic mass is 10.2. The number of carbonyl (C=O) groups is 1. The van der Waals surface area contributed by atoms with Crippen molar-refractivity contribution < 1.29 is 22.7 Å². The monoisotopic (exact) mass is 423 g/mol. The van der Waals surface area contributed by atoms with E-state index in [4.69, 9.17) is 9.47 Å². The van der Waals surface area contributed by atoms with E-state index in [1.54, 1.807) is 32.0 Å². The minimum atomic E-state index is -3.74. The Morgan fingerprint density at radius 1 is 1.07 bits per heavy atom. The van der Waals surface area contributed by atoms with Gasteiger partial charge in [0.25, 0.3) is 5.56 Å². The predicted octanol–water partition coefficient (Wildman–Crippen LogP) is 1.53. The van der Waals surface area contributed by atoms with Gasteiger partial charge in [0.1, 0.15) is 6.54 Å². The van der Waals surface area contributed by atoms with Crippen LogP contribution in [0.5, 0.6) is 11.5 Å². The molecule has 0 radical (unpaired) electrons. The van der Waals surface area contributed by atoms with E-state index < -0.39 is 21.5 Å². The molecule has 10 heteroatoms. The molecule has 0 bridgehead atoms. The van der Waals surface area contributed by atoms with Crippen molar-refractivity contribution in [2.45, 2.75) is 25.3 Å². The Bertz CT molecular complexity index is 1030. The molecule has 0 saturated heterocycles. The van der Waals surface area contributed by atoms with E-state index in [0.717, 1.165) is 10.6 Å². The molecule has 0 aliphatic rings. The molecule has 1 aromatic heterocycles. The van der Waals surface area contributed by atoms with Gasteiger partial charge in [0.05, 0.1) is 19.1 Å². The molecular formula is C19H25N3O6S. The summed E-state index contributed by atoms with van der Waals surface area (Å²) < 4.78 is 38.0. The zero-order valence-corrected chi connectivity index (χ0v) is 17.7. The number of hydrogen-bond donors (Lipinski definition) is 1. The summed E-state index contributed by atoms with van der Waals surface area (Å²) in [7, 11) is -0.762. The Morgan fingerprint density at radius 3 is 2.31 bits per heavy atom. The van der Waals surface area contributed by atoms with Gasteiger partial charge in [-0.25, -0.2) is 8.42 Å². The molecule has 1 amide bonds. The van der Waals surface area contributed by atoms with Crippen LogP contribution in [0.3, 0.4) is 0 Å². The average molecular weight is 423 g/mol. The number of hydrogen-bond acceptors (Lipinski definition) is 6. The van der Waals surface area contributed by atoms with Crippen LogP contribution in [0.15, 0.2) is 46.2 Å². The zero-order chi connectivity index (χ0) is 21.6. The molecular weight excluding hydrogens is 398 g/mol. The standard InChI is InChI=1S/C19H25N3O6S/c1-5-22(6-2)29(25,26)15-8-10-19(24)21(12-15)13-18(23)20-14-7-9-16(27-3)17(11-14)28-4/h7-12H,5-6,13H2,1-4H3,(H,20,23). The van der Waals surface area contributed by atoms with Gasteiger partial charge in [0.15, 0.2) is 11.5 Å². The van der Waals surface area contributed by atoms with Crippen LogP contribution in [0, 0.1) is 0 Å². The van der Waals surface area contributed by atoms with Gasteiger partial charge in [-0.1, -0.05) is 13.8 Å². The van der Waals surface area contributed by atoms with E-state index in [1.807, 2.05) is 0 Å². The number of nitrogens with zero attached hydrogens (tertiary/aromatic N) is 2. The summed E-state index contributed by atoms with van der Waals surface area (Å²) in [5.74, 6) is 0.461. The van der Waals surface area contributed by atoms with Crippen molar-refractivity contribution in [3.63, 3.8) is 0 Å². The second-order valence-corrected chi connectivity index (χ2v) is 7.98. The van der Waals surface area contributed by atoms with Crippen LogP contribution in [0.4, 0.5) is 5.69 Å². The normalized spacial score (nSPS) is 11.3. The van der Waals surface area contributed by atoms with Crippen LogP contribution >= 0.6 is 0 Å². The number of ether oxygens (including phenoxy) is 2. The summed E-state index contributed by atoms with van der Waals surface area (Å²) in [4.78, 5) is 24.5. The fraction of sp³-hybridized carbons (Fsp3) is 0.368. The van der Waals surface area contributed by atoms with Crippen LogP contribution in [0.2, 0.25) is 0 Å². The Hall–Kier alpha value is -2.85. The number of anilines is 1. The molecule has 29 heavy (non-hydrogen) atoms. The maximum Gasteiger partial charge on any atom is 0.251 e. The smallest absolute Gasteiger partial charge is 0.251 e. The van der Waals surface area contributed by atoms with Crippen molar-refractivity contribution in [2.75, 3.05) is 32.6 Å². The van der Waals surface area contributed by atoms with E-state index in [-0.39, 0.29) is 11.4 Å². The molecule has 1 N–H and O–H groups in total. The van der Waals surface area contributed by atoms with Gasteiger partial charge in [0, 0.05) is 37.1 Å². The summed E-state index contributed by atoms with van der Waals surface area (Å²) in [6, 6.07) is 7.24. The first kappa shape index (κ1) is 22.4. The minimum Gasteiger partial charge on any atom is -0.493 e. The summed E-state index contributed by atoms with van der Waals surface area (Å²) in [5, 5.41) is 2.65. The maximum atomic E-state index is 12.6. The topological polar surface area (TPSA) is 107 Å². The van der Waals surface area contributed by atoms with Crippen molar-refractivity contribution in [1.29, 1.82) is 0 Å². The zero-order valence-electron chi connectivity index (χ0n) is 16.8. The molecule has 0 saturated carbocycles. The van der Waals surface area contributed by atoms with Crippen LogP contribution < -0.4 is 20.3 Å². The van der Waals surface area contributed by atoms with E-state index in [1.165, 1.54) is 30.8 Å². The third kappa shape index (κ3) is 5.15. The van der Waals surface area contributed by atoms with Crippen LogP contribution in [0.1, 0.15) is 13.8 Å². The third-order valence-electron chi connectivity index (χ3n) is 4.28. The van der Waals surface area contributed by atoms with Gasteiger partial charge >= 0.3 is 0 Å². The number of nitrogens with one attached hydrogen (secondary N) is 1. The number of amides is 1. The van der Waals surface area contributed by atoms with Crippen molar-refractivity contribution in [3.05, 3.63) is 46.9 Å². The lowest BCUT2D eigenvalue weighted by Crippen LogP contribution is -2.33. The summed E-state index contributed by atoms with van der Waals surface area (Å²) in [5.41, 5.74) is -0.0291. The highest BCUT2D eigenvalue weighted by molar-refractivity contribution is 7.89. The lowest BCUT2D eigenvalue weighted by Gasteiger charge is -2.19. The summed E-state index contributed by atoms with van der Waals surface area (Å²) in [6.45, 7) is 3.73. The molecule has 0 spiro atoms. The number of benzene rings is 1. The van der Waals surface area contributed by atoms with Crippen LogP contribution in [0.25, 0.3) is 0 Å². The molecule has 0 aliphatic heterocycles. The molecule has 1 aromatic carbocycles. The third-order valence-corrected chi connectivity index (χ3v) is 6.31. The SMILES string of the molecule is CCN(CC)S(=O)(=O)c1ccc(=O)n(CC(=O)Nc2ccc(OC)c(OC)c2)c1. The number of rotatable bonds is 9. The van der Waals surface area contributed by atoms with Gasteiger partial charge in [-0.3, -0.25) is 9.59 Å². The molecule has 2 aromatic rings. The van der Waals surface area contributed by atoms with Crippen molar-refractivity contribution in [3.8, 4) is 11.5 Å². The van der Waals surface area contributed by atoms with Gasteiger partial charge < -0.3 is 19.4 Å². The Balaban J connectivity index is 2.24. The molecule has 0 fully saturated rings. The molecule has 2 rings (SSSR count). The number of methoxy groups -OCH3 is 2. The number of pyridine rings is 1. The Morgan fingerprint density at radius 2 is 1.72 bits per heavy atom. The lowest BCUT2D eigenvalue weighted by molar-refractivity contribution is -0.116. The van der Waals surface area contributed by atoms with Crippen molar-refractivity contribution in [2.24, 2.45) is 0 Å². The highest BCUT2D eigenvalue weighted by Gasteiger charge is 2.22. The second-order valence-electron chi connectivity index (χ2n) is 6.04. The second kappa shape index (κ2) is 9.57.